The lowest BCUT2D eigenvalue weighted by Gasteiger charge is -2.13. The smallest absolute Gasteiger partial charge is 0.122 e. The zero-order valence-corrected chi connectivity index (χ0v) is 9.21. The highest BCUT2D eigenvalue weighted by Gasteiger charge is 2.38. The molecule has 0 bridgehead atoms. The van der Waals surface area contributed by atoms with Gasteiger partial charge < -0.3 is 15.6 Å². The highest BCUT2D eigenvalue weighted by Crippen LogP contribution is 2.39. The van der Waals surface area contributed by atoms with Crippen molar-refractivity contribution in [2.45, 2.75) is 31.7 Å². The normalized spacial score (nSPS) is 17.5. The van der Waals surface area contributed by atoms with Crippen LogP contribution in [0.5, 0.6) is 11.5 Å². The van der Waals surface area contributed by atoms with Gasteiger partial charge in [0, 0.05) is 5.54 Å². The highest BCUT2D eigenvalue weighted by atomic mass is 16.5. The molecule has 0 saturated heterocycles. The van der Waals surface area contributed by atoms with Crippen molar-refractivity contribution in [3.8, 4) is 11.5 Å². The van der Waals surface area contributed by atoms with Gasteiger partial charge in [-0.25, -0.2) is 0 Å². The summed E-state index contributed by atoms with van der Waals surface area (Å²) in [6.07, 6.45) is 2.82. The second-order valence-electron chi connectivity index (χ2n) is 4.49. The van der Waals surface area contributed by atoms with E-state index < -0.39 is 0 Å². The van der Waals surface area contributed by atoms with E-state index in [0.717, 1.165) is 36.1 Å². The van der Waals surface area contributed by atoms with Crippen molar-refractivity contribution in [3.05, 3.63) is 23.3 Å². The van der Waals surface area contributed by atoms with Gasteiger partial charge in [0.1, 0.15) is 11.5 Å². The highest BCUT2D eigenvalue weighted by molar-refractivity contribution is 5.46. The largest absolute Gasteiger partial charge is 0.507 e. The number of methoxy groups -OCH3 is 1. The third-order valence-electron chi connectivity index (χ3n) is 3.02. The van der Waals surface area contributed by atoms with Crippen LogP contribution >= 0.6 is 0 Å². The fourth-order valence-electron chi connectivity index (χ4n) is 1.79. The van der Waals surface area contributed by atoms with Gasteiger partial charge in [-0.1, -0.05) is 0 Å². The topological polar surface area (TPSA) is 55.5 Å². The number of phenols is 1. The van der Waals surface area contributed by atoms with Crippen molar-refractivity contribution in [2.24, 2.45) is 5.73 Å². The van der Waals surface area contributed by atoms with Gasteiger partial charge in [-0.05, 0) is 49.4 Å². The maximum atomic E-state index is 9.90. The Morgan fingerprint density at radius 2 is 2.13 bits per heavy atom. The summed E-state index contributed by atoms with van der Waals surface area (Å²) in [5, 5.41) is 9.90. The number of phenolic OH excluding ortho intramolecular Hbond substituents is 1. The van der Waals surface area contributed by atoms with E-state index in [1.165, 1.54) is 0 Å². The second kappa shape index (κ2) is 3.42. The molecule has 1 aromatic carbocycles. The van der Waals surface area contributed by atoms with Crippen molar-refractivity contribution < 1.29 is 9.84 Å². The third-order valence-corrected chi connectivity index (χ3v) is 3.02. The standard InChI is InChI=1S/C12H17NO2/c1-8-5-10(15-2)6-9(11(8)14)7-12(13)3-4-12/h5-6,14H,3-4,7,13H2,1-2H3. The van der Waals surface area contributed by atoms with E-state index in [2.05, 4.69) is 0 Å². The monoisotopic (exact) mass is 207 g/mol. The van der Waals surface area contributed by atoms with Crippen molar-refractivity contribution in [2.75, 3.05) is 7.11 Å². The molecule has 1 aliphatic rings. The predicted molar refractivity (Wildman–Crippen MR) is 59.3 cm³/mol. The molecule has 0 aliphatic heterocycles. The Balaban J connectivity index is 2.31. The molecule has 82 valence electrons. The SMILES string of the molecule is COc1cc(C)c(O)c(CC2(N)CC2)c1. The average Bonchev–Trinajstić information content (AvgIpc) is 2.91. The predicted octanol–water partition coefficient (Wildman–Crippen LogP) is 1.74. The first-order chi connectivity index (χ1) is 7.04. The molecule has 15 heavy (non-hydrogen) atoms. The summed E-state index contributed by atoms with van der Waals surface area (Å²) in [6, 6.07) is 3.70. The Bertz CT molecular complexity index is 383. The minimum atomic E-state index is -0.0870. The lowest BCUT2D eigenvalue weighted by Crippen LogP contribution is -2.24. The molecular formula is C12H17NO2. The molecule has 1 aromatic rings. The molecule has 1 saturated carbocycles. The van der Waals surface area contributed by atoms with Gasteiger partial charge in [0.15, 0.2) is 0 Å². The van der Waals surface area contributed by atoms with Crippen LogP contribution in [0.2, 0.25) is 0 Å². The number of aryl methyl sites for hydroxylation is 1. The quantitative estimate of drug-likeness (QED) is 0.793. The first-order valence-electron chi connectivity index (χ1n) is 5.19. The summed E-state index contributed by atoms with van der Waals surface area (Å²) < 4.78 is 5.17. The van der Waals surface area contributed by atoms with E-state index in [1.54, 1.807) is 7.11 Å². The number of rotatable bonds is 3. The minimum absolute atomic E-state index is 0.0870. The minimum Gasteiger partial charge on any atom is -0.507 e. The molecule has 0 amide bonds. The second-order valence-corrected chi connectivity index (χ2v) is 4.49. The summed E-state index contributed by atoms with van der Waals surface area (Å²) in [4.78, 5) is 0. The first-order valence-corrected chi connectivity index (χ1v) is 5.19. The molecule has 1 aliphatic carbocycles. The fraction of sp³-hybridized carbons (Fsp3) is 0.500. The number of hydrogen-bond donors (Lipinski definition) is 2. The van der Waals surface area contributed by atoms with E-state index in [4.69, 9.17) is 10.5 Å². The van der Waals surface area contributed by atoms with Crippen LogP contribution in [0.1, 0.15) is 24.0 Å². The third kappa shape index (κ3) is 2.07. The number of nitrogens with two attached hydrogens (primary N) is 1. The van der Waals surface area contributed by atoms with Crippen LogP contribution in [0, 0.1) is 6.92 Å². The molecule has 0 atom stereocenters. The van der Waals surface area contributed by atoms with E-state index >= 15 is 0 Å². The molecule has 0 radical (unpaired) electrons. The maximum Gasteiger partial charge on any atom is 0.122 e. The van der Waals surface area contributed by atoms with Crippen molar-refractivity contribution in [1.29, 1.82) is 0 Å². The first kappa shape index (κ1) is 10.3. The molecule has 3 N–H and O–H groups in total. The molecule has 0 unspecified atom stereocenters. The number of ether oxygens (including phenoxy) is 1. The summed E-state index contributed by atoms with van der Waals surface area (Å²) in [5.41, 5.74) is 7.69. The van der Waals surface area contributed by atoms with Crippen molar-refractivity contribution >= 4 is 0 Å². The Morgan fingerprint density at radius 3 is 2.67 bits per heavy atom. The molecule has 3 heteroatoms. The Kier molecular flexibility index (Phi) is 2.35. The Hall–Kier alpha value is -1.22. The Labute approximate surface area is 89.9 Å². The summed E-state index contributed by atoms with van der Waals surface area (Å²) >= 11 is 0. The zero-order valence-electron chi connectivity index (χ0n) is 9.21. The summed E-state index contributed by atoms with van der Waals surface area (Å²) in [6.45, 7) is 1.87. The molecule has 2 rings (SSSR count). The van der Waals surface area contributed by atoms with Crippen LogP contribution in [0.15, 0.2) is 12.1 Å². The lowest BCUT2D eigenvalue weighted by molar-refractivity contribution is 0.409. The van der Waals surface area contributed by atoms with Gasteiger partial charge in [0.25, 0.3) is 0 Å². The molecule has 1 fully saturated rings. The molecular weight excluding hydrogens is 190 g/mol. The van der Waals surface area contributed by atoms with Crippen molar-refractivity contribution in [3.63, 3.8) is 0 Å². The molecule has 0 spiro atoms. The fourth-order valence-corrected chi connectivity index (χ4v) is 1.79. The zero-order chi connectivity index (χ0) is 11.1. The van der Waals surface area contributed by atoms with Crippen LogP contribution in [-0.4, -0.2) is 17.8 Å². The van der Waals surface area contributed by atoms with Gasteiger partial charge in [0.2, 0.25) is 0 Å². The van der Waals surface area contributed by atoms with Crippen LogP contribution < -0.4 is 10.5 Å². The molecule has 0 aromatic heterocycles. The number of aromatic hydroxyl groups is 1. The van der Waals surface area contributed by atoms with Crippen LogP contribution in [0.4, 0.5) is 0 Å². The summed E-state index contributed by atoms with van der Waals surface area (Å²) in [5.74, 6) is 1.14. The van der Waals surface area contributed by atoms with E-state index in [1.807, 2.05) is 19.1 Å². The van der Waals surface area contributed by atoms with Gasteiger partial charge in [-0.15, -0.1) is 0 Å². The maximum absolute atomic E-state index is 9.90. The van der Waals surface area contributed by atoms with Gasteiger partial charge in [-0.2, -0.15) is 0 Å². The number of benzene rings is 1. The number of hydrogen-bond acceptors (Lipinski definition) is 3. The van der Waals surface area contributed by atoms with E-state index in [9.17, 15) is 5.11 Å². The summed E-state index contributed by atoms with van der Waals surface area (Å²) in [7, 11) is 1.63. The average molecular weight is 207 g/mol. The van der Waals surface area contributed by atoms with Crippen molar-refractivity contribution in [1.82, 2.24) is 0 Å². The van der Waals surface area contributed by atoms with E-state index in [-0.39, 0.29) is 5.54 Å². The van der Waals surface area contributed by atoms with E-state index in [0.29, 0.717) is 5.75 Å². The Morgan fingerprint density at radius 1 is 1.47 bits per heavy atom. The lowest BCUT2D eigenvalue weighted by atomic mass is 10.0. The van der Waals surface area contributed by atoms with Gasteiger partial charge in [-0.3, -0.25) is 0 Å². The van der Waals surface area contributed by atoms with Crippen LogP contribution in [0.25, 0.3) is 0 Å². The van der Waals surface area contributed by atoms with Gasteiger partial charge in [0.05, 0.1) is 7.11 Å². The van der Waals surface area contributed by atoms with Gasteiger partial charge >= 0.3 is 0 Å². The molecule has 0 heterocycles. The van der Waals surface area contributed by atoms with Crippen LogP contribution in [-0.2, 0) is 6.42 Å². The molecule has 3 nitrogen and oxygen atoms in total. The van der Waals surface area contributed by atoms with Crippen LogP contribution in [0.3, 0.4) is 0 Å².